The van der Waals surface area contributed by atoms with E-state index in [2.05, 4.69) is 34.7 Å². The minimum Gasteiger partial charge on any atom is -0.361 e. The van der Waals surface area contributed by atoms with Crippen LogP contribution < -0.4 is 5.32 Å². The highest BCUT2D eigenvalue weighted by Gasteiger charge is 2.37. The molecule has 140 valence electrons. The maximum atomic E-state index is 12.9. The van der Waals surface area contributed by atoms with Crippen LogP contribution >= 0.6 is 0 Å². The molecule has 2 N–H and O–H groups in total. The summed E-state index contributed by atoms with van der Waals surface area (Å²) in [6, 6.07) is 14.1. The number of hydrogen-bond acceptors (Lipinski definition) is 3. The van der Waals surface area contributed by atoms with Crippen molar-refractivity contribution in [3.63, 3.8) is 0 Å². The Labute approximate surface area is 159 Å². The van der Waals surface area contributed by atoms with E-state index in [0.29, 0.717) is 16.9 Å². The standard InChI is InChI=1S/C22H24N2O2S/c1-14-5-7-17(8-6-14)27(25,26)13-15-9-19-18-3-2-4-20-22(18)16(12-24-20)10-21(19)23-11-15/h2-8,12,15,19,21,23-24H,9-11,13H2,1H3/t15?,19-,21-/m1/s1. The van der Waals surface area contributed by atoms with Gasteiger partial charge in [0, 0.05) is 29.1 Å². The summed E-state index contributed by atoms with van der Waals surface area (Å²) in [4.78, 5) is 3.82. The molecule has 1 aliphatic carbocycles. The van der Waals surface area contributed by atoms with Crippen LogP contribution in [0.25, 0.3) is 10.9 Å². The third-order valence-corrected chi connectivity index (χ3v) is 8.14. The van der Waals surface area contributed by atoms with Crippen LogP contribution in [0.5, 0.6) is 0 Å². The number of benzene rings is 2. The molecule has 1 saturated heterocycles. The van der Waals surface area contributed by atoms with E-state index in [1.54, 1.807) is 12.1 Å². The van der Waals surface area contributed by atoms with Gasteiger partial charge in [0.2, 0.25) is 0 Å². The molecule has 1 unspecified atom stereocenters. The molecule has 4 nitrogen and oxygen atoms in total. The molecular formula is C22H24N2O2S. The van der Waals surface area contributed by atoms with Gasteiger partial charge in [-0.3, -0.25) is 0 Å². The van der Waals surface area contributed by atoms with Crippen molar-refractivity contribution in [2.24, 2.45) is 5.92 Å². The highest BCUT2D eigenvalue weighted by Crippen LogP contribution is 2.42. The summed E-state index contributed by atoms with van der Waals surface area (Å²) >= 11 is 0. The lowest BCUT2D eigenvalue weighted by molar-refractivity contribution is 0.283. The molecule has 2 aliphatic rings. The zero-order valence-electron chi connectivity index (χ0n) is 15.4. The van der Waals surface area contributed by atoms with E-state index < -0.39 is 9.84 Å². The molecule has 2 heterocycles. The molecule has 27 heavy (non-hydrogen) atoms. The molecule has 5 heteroatoms. The topological polar surface area (TPSA) is 62.0 Å². The number of aromatic amines is 1. The zero-order valence-corrected chi connectivity index (χ0v) is 16.2. The number of hydrogen-bond donors (Lipinski definition) is 2. The van der Waals surface area contributed by atoms with Crippen molar-refractivity contribution < 1.29 is 8.42 Å². The molecule has 2 aromatic carbocycles. The number of aromatic nitrogens is 1. The zero-order chi connectivity index (χ0) is 18.6. The highest BCUT2D eigenvalue weighted by molar-refractivity contribution is 7.91. The molecule has 0 saturated carbocycles. The predicted octanol–water partition coefficient (Wildman–Crippen LogP) is 3.57. The smallest absolute Gasteiger partial charge is 0.178 e. The normalized spacial score (nSPS) is 24.7. The van der Waals surface area contributed by atoms with Crippen molar-refractivity contribution >= 4 is 20.7 Å². The first-order chi connectivity index (χ1) is 13.0. The van der Waals surface area contributed by atoms with E-state index in [-0.39, 0.29) is 11.7 Å². The largest absolute Gasteiger partial charge is 0.361 e. The van der Waals surface area contributed by atoms with Gasteiger partial charge < -0.3 is 10.3 Å². The average molecular weight is 381 g/mol. The van der Waals surface area contributed by atoms with Gasteiger partial charge >= 0.3 is 0 Å². The summed E-state index contributed by atoms with van der Waals surface area (Å²) in [5, 5.41) is 5.00. The van der Waals surface area contributed by atoms with Crippen molar-refractivity contribution in [3.05, 3.63) is 65.4 Å². The van der Waals surface area contributed by atoms with Gasteiger partial charge in [0.15, 0.2) is 9.84 Å². The fourth-order valence-corrected chi connectivity index (χ4v) is 6.51. The van der Waals surface area contributed by atoms with Crippen LogP contribution in [0.1, 0.15) is 29.0 Å². The van der Waals surface area contributed by atoms with E-state index in [4.69, 9.17) is 0 Å². The van der Waals surface area contributed by atoms with Gasteiger partial charge in [-0.2, -0.15) is 0 Å². The lowest BCUT2D eigenvalue weighted by Gasteiger charge is -2.40. The minimum absolute atomic E-state index is 0.133. The van der Waals surface area contributed by atoms with Crippen molar-refractivity contribution in [2.75, 3.05) is 12.3 Å². The van der Waals surface area contributed by atoms with E-state index in [9.17, 15) is 8.42 Å². The Morgan fingerprint density at radius 3 is 2.74 bits per heavy atom. The summed E-state index contributed by atoms with van der Waals surface area (Å²) in [5.41, 5.74) is 5.01. The Morgan fingerprint density at radius 2 is 1.93 bits per heavy atom. The SMILES string of the molecule is Cc1ccc(S(=O)(=O)CC2CN[C@@H]3Cc4c[nH]c5cccc(c45)[C@H]3C2)cc1. The Balaban J connectivity index is 1.42. The van der Waals surface area contributed by atoms with E-state index in [1.807, 2.05) is 19.1 Å². The number of rotatable bonds is 3. The number of fused-ring (bicyclic) bond motifs is 2. The molecule has 1 aromatic heterocycles. The van der Waals surface area contributed by atoms with Crippen LogP contribution in [-0.4, -0.2) is 31.7 Å². The summed E-state index contributed by atoms with van der Waals surface area (Å²) in [6.45, 7) is 2.74. The second-order valence-electron chi connectivity index (χ2n) is 8.11. The van der Waals surface area contributed by atoms with Gasteiger partial charge in [-0.15, -0.1) is 0 Å². The van der Waals surface area contributed by atoms with Gasteiger partial charge in [0.05, 0.1) is 10.6 Å². The molecule has 0 radical (unpaired) electrons. The fraction of sp³-hybridized carbons (Fsp3) is 0.364. The number of aryl methyl sites for hydroxylation is 1. The van der Waals surface area contributed by atoms with Crippen LogP contribution in [0.2, 0.25) is 0 Å². The van der Waals surface area contributed by atoms with Crippen LogP contribution in [0.4, 0.5) is 0 Å². The van der Waals surface area contributed by atoms with Gasteiger partial charge in [-0.25, -0.2) is 8.42 Å². The van der Waals surface area contributed by atoms with E-state index in [1.165, 1.54) is 22.0 Å². The quantitative estimate of drug-likeness (QED) is 0.730. The van der Waals surface area contributed by atoms with Crippen molar-refractivity contribution in [1.82, 2.24) is 10.3 Å². The first-order valence-electron chi connectivity index (χ1n) is 9.63. The van der Waals surface area contributed by atoms with Gasteiger partial charge in [0.25, 0.3) is 0 Å². The third-order valence-electron chi connectivity index (χ3n) is 6.24. The fourth-order valence-electron chi connectivity index (χ4n) is 4.90. The van der Waals surface area contributed by atoms with Gasteiger partial charge in [-0.05, 0) is 61.6 Å². The van der Waals surface area contributed by atoms with Crippen molar-refractivity contribution in [2.45, 2.75) is 36.6 Å². The van der Waals surface area contributed by atoms with Crippen LogP contribution in [0, 0.1) is 12.8 Å². The van der Waals surface area contributed by atoms with E-state index >= 15 is 0 Å². The monoisotopic (exact) mass is 380 g/mol. The van der Waals surface area contributed by atoms with Crippen LogP contribution in [-0.2, 0) is 16.3 Å². The molecule has 0 spiro atoms. The Bertz CT molecular complexity index is 1100. The second kappa shape index (κ2) is 6.21. The molecule has 5 rings (SSSR count). The second-order valence-corrected chi connectivity index (χ2v) is 10.1. The first kappa shape index (κ1) is 17.0. The van der Waals surface area contributed by atoms with Crippen LogP contribution in [0.15, 0.2) is 53.6 Å². The molecule has 1 fully saturated rings. The molecule has 3 aromatic rings. The van der Waals surface area contributed by atoms with Gasteiger partial charge in [-0.1, -0.05) is 29.8 Å². The number of piperidine rings is 1. The maximum absolute atomic E-state index is 12.9. The third kappa shape index (κ3) is 2.89. The number of sulfone groups is 1. The Hall–Kier alpha value is -2.11. The average Bonchev–Trinajstić information content (AvgIpc) is 3.07. The Kier molecular flexibility index (Phi) is 3.92. The maximum Gasteiger partial charge on any atom is 0.178 e. The lowest BCUT2D eigenvalue weighted by Crippen LogP contribution is -2.48. The minimum atomic E-state index is -3.26. The lowest BCUT2D eigenvalue weighted by atomic mass is 9.73. The summed E-state index contributed by atoms with van der Waals surface area (Å²) in [5.74, 6) is 0.722. The molecule has 1 aliphatic heterocycles. The van der Waals surface area contributed by atoms with E-state index in [0.717, 1.165) is 24.9 Å². The summed E-state index contributed by atoms with van der Waals surface area (Å²) in [6.07, 6.45) is 4.06. The summed E-state index contributed by atoms with van der Waals surface area (Å²) < 4.78 is 25.8. The predicted molar refractivity (Wildman–Crippen MR) is 108 cm³/mol. The van der Waals surface area contributed by atoms with Crippen molar-refractivity contribution in [3.8, 4) is 0 Å². The molecule has 0 amide bonds. The molecule has 0 bridgehead atoms. The van der Waals surface area contributed by atoms with Crippen LogP contribution in [0.3, 0.4) is 0 Å². The Morgan fingerprint density at radius 1 is 1.11 bits per heavy atom. The highest BCUT2D eigenvalue weighted by atomic mass is 32.2. The number of H-pyrrole nitrogens is 1. The molecular weight excluding hydrogens is 356 g/mol. The summed E-state index contributed by atoms with van der Waals surface area (Å²) in [7, 11) is -3.26. The van der Waals surface area contributed by atoms with Crippen molar-refractivity contribution in [1.29, 1.82) is 0 Å². The number of nitrogens with one attached hydrogen (secondary N) is 2. The molecule has 3 atom stereocenters. The first-order valence-corrected chi connectivity index (χ1v) is 11.3. The van der Waals surface area contributed by atoms with Gasteiger partial charge in [0.1, 0.15) is 0 Å².